The molecule has 0 N–H and O–H groups in total. The maximum absolute atomic E-state index is 11.7. The minimum Gasteiger partial charge on any atom is -0.293 e. The zero-order chi connectivity index (χ0) is 12.3. The maximum Gasteiger partial charge on any atom is 0.242 e. The molecule has 0 heterocycles. The molecule has 4 nitrogen and oxygen atoms in total. The van der Waals surface area contributed by atoms with Gasteiger partial charge in [0.15, 0.2) is 5.78 Å². The van der Waals surface area contributed by atoms with E-state index in [1.54, 1.807) is 0 Å². The van der Waals surface area contributed by atoms with Gasteiger partial charge in [0.2, 0.25) is 10.0 Å². The van der Waals surface area contributed by atoms with E-state index >= 15 is 0 Å². The lowest BCUT2D eigenvalue weighted by Crippen LogP contribution is -2.22. The topological polar surface area (TPSA) is 54.5 Å². The molecule has 0 aliphatic rings. The van der Waals surface area contributed by atoms with Gasteiger partial charge in [-0.1, -0.05) is 12.1 Å². The SMILES string of the molecule is CN(C)S(=O)(=O)c1ccc(C(=O)CCl)cc1. The van der Waals surface area contributed by atoms with Crippen LogP contribution in [0.15, 0.2) is 29.2 Å². The first-order valence-corrected chi connectivity index (χ1v) is 6.49. The molecule has 1 aromatic rings. The van der Waals surface area contributed by atoms with Crippen molar-refractivity contribution in [1.29, 1.82) is 0 Å². The van der Waals surface area contributed by atoms with E-state index in [1.807, 2.05) is 0 Å². The van der Waals surface area contributed by atoms with Crippen molar-refractivity contribution < 1.29 is 13.2 Å². The molecule has 0 fully saturated rings. The molecule has 1 rings (SSSR count). The monoisotopic (exact) mass is 261 g/mol. The number of carbonyl (C=O) groups excluding carboxylic acids is 1. The minimum atomic E-state index is -3.44. The molecule has 16 heavy (non-hydrogen) atoms. The van der Waals surface area contributed by atoms with E-state index in [9.17, 15) is 13.2 Å². The molecule has 0 bridgehead atoms. The Balaban J connectivity index is 3.10. The van der Waals surface area contributed by atoms with Gasteiger partial charge in [0.1, 0.15) is 0 Å². The van der Waals surface area contributed by atoms with Gasteiger partial charge in [0, 0.05) is 19.7 Å². The van der Waals surface area contributed by atoms with E-state index in [4.69, 9.17) is 11.6 Å². The van der Waals surface area contributed by atoms with E-state index in [0.29, 0.717) is 5.56 Å². The largest absolute Gasteiger partial charge is 0.293 e. The average molecular weight is 262 g/mol. The van der Waals surface area contributed by atoms with Crippen LogP contribution in [0.5, 0.6) is 0 Å². The van der Waals surface area contributed by atoms with E-state index in [2.05, 4.69) is 0 Å². The number of halogens is 1. The molecule has 0 amide bonds. The third-order valence-electron chi connectivity index (χ3n) is 2.08. The molecular weight excluding hydrogens is 250 g/mol. The zero-order valence-electron chi connectivity index (χ0n) is 8.97. The fourth-order valence-corrected chi connectivity index (χ4v) is 2.16. The average Bonchev–Trinajstić information content (AvgIpc) is 2.28. The van der Waals surface area contributed by atoms with Crippen molar-refractivity contribution in [3.8, 4) is 0 Å². The second-order valence-corrected chi connectivity index (χ2v) is 5.79. The third kappa shape index (κ3) is 2.61. The van der Waals surface area contributed by atoms with Crippen LogP contribution in [0.25, 0.3) is 0 Å². The number of ketones is 1. The smallest absolute Gasteiger partial charge is 0.242 e. The highest BCUT2D eigenvalue weighted by Crippen LogP contribution is 2.14. The van der Waals surface area contributed by atoms with Gasteiger partial charge in [-0.3, -0.25) is 4.79 Å². The summed E-state index contributed by atoms with van der Waals surface area (Å²) in [6.45, 7) is 0. The van der Waals surface area contributed by atoms with Crippen LogP contribution < -0.4 is 0 Å². The van der Waals surface area contributed by atoms with E-state index in [0.717, 1.165) is 4.31 Å². The molecule has 0 saturated carbocycles. The lowest BCUT2D eigenvalue weighted by molar-refractivity contribution is 0.102. The summed E-state index contributed by atoms with van der Waals surface area (Å²) in [5, 5.41) is 0. The van der Waals surface area contributed by atoms with Gasteiger partial charge in [-0.05, 0) is 12.1 Å². The van der Waals surface area contributed by atoms with Crippen molar-refractivity contribution in [2.75, 3.05) is 20.0 Å². The number of hydrogen-bond donors (Lipinski definition) is 0. The predicted molar refractivity (Wildman–Crippen MR) is 62.4 cm³/mol. The molecule has 0 aromatic heterocycles. The van der Waals surface area contributed by atoms with Crippen molar-refractivity contribution in [3.05, 3.63) is 29.8 Å². The number of sulfonamides is 1. The first-order chi connectivity index (χ1) is 7.39. The van der Waals surface area contributed by atoms with Gasteiger partial charge in [0.05, 0.1) is 10.8 Å². The second-order valence-electron chi connectivity index (χ2n) is 3.37. The molecule has 0 atom stereocenters. The number of rotatable bonds is 4. The summed E-state index contributed by atoms with van der Waals surface area (Å²) in [6, 6.07) is 5.71. The minimum absolute atomic E-state index is 0.111. The molecular formula is C10H12ClNO3S. The van der Waals surface area contributed by atoms with Crippen LogP contribution in [-0.4, -0.2) is 38.5 Å². The Bertz CT molecular complexity index is 479. The molecule has 0 spiro atoms. The highest BCUT2D eigenvalue weighted by molar-refractivity contribution is 7.89. The number of nitrogens with zero attached hydrogens (tertiary/aromatic N) is 1. The Kier molecular flexibility index (Phi) is 4.07. The Labute approximate surface area is 99.9 Å². The highest BCUT2D eigenvalue weighted by Gasteiger charge is 2.17. The predicted octanol–water partition coefficient (Wildman–Crippen LogP) is 1.36. The van der Waals surface area contributed by atoms with Crippen LogP contribution in [0.3, 0.4) is 0 Å². The summed E-state index contributed by atoms with van der Waals surface area (Å²) in [4.78, 5) is 11.4. The Morgan fingerprint density at radius 1 is 1.25 bits per heavy atom. The number of benzene rings is 1. The Hall–Kier alpha value is -0.910. The van der Waals surface area contributed by atoms with Crippen LogP contribution in [0.2, 0.25) is 0 Å². The van der Waals surface area contributed by atoms with E-state index < -0.39 is 10.0 Å². The normalized spacial score (nSPS) is 11.8. The summed E-state index contributed by atoms with van der Waals surface area (Å²) in [7, 11) is -0.534. The molecule has 0 radical (unpaired) electrons. The van der Waals surface area contributed by atoms with E-state index in [-0.39, 0.29) is 16.6 Å². The Morgan fingerprint density at radius 2 is 1.75 bits per heavy atom. The lowest BCUT2D eigenvalue weighted by Gasteiger charge is -2.11. The summed E-state index contributed by atoms with van der Waals surface area (Å²) in [5.74, 6) is -0.338. The standard InChI is InChI=1S/C10H12ClNO3S/c1-12(2)16(14,15)9-5-3-8(4-6-9)10(13)7-11/h3-6H,7H2,1-2H3. The lowest BCUT2D eigenvalue weighted by atomic mass is 10.1. The number of hydrogen-bond acceptors (Lipinski definition) is 3. The molecule has 1 aromatic carbocycles. The molecule has 6 heteroatoms. The maximum atomic E-state index is 11.7. The van der Waals surface area contributed by atoms with Crippen LogP contribution >= 0.6 is 11.6 Å². The number of Topliss-reactive ketones (excluding diaryl/α,β-unsaturated/α-hetero) is 1. The fraction of sp³-hybridized carbons (Fsp3) is 0.300. The van der Waals surface area contributed by atoms with Crippen molar-refractivity contribution in [2.45, 2.75) is 4.90 Å². The van der Waals surface area contributed by atoms with Gasteiger partial charge in [-0.15, -0.1) is 11.6 Å². The molecule has 0 unspecified atom stereocenters. The van der Waals surface area contributed by atoms with Crippen molar-refractivity contribution >= 4 is 27.4 Å². The van der Waals surface area contributed by atoms with Gasteiger partial charge in [0.25, 0.3) is 0 Å². The van der Waals surface area contributed by atoms with Crippen molar-refractivity contribution in [1.82, 2.24) is 4.31 Å². The summed E-state index contributed by atoms with van der Waals surface area (Å²) < 4.78 is 24.5. The van der Waals surface area contributed by atoms with Gasteiger partial charge in [-0.2, -0.15) is 0 Å². The summed E-state index contributed by atoms with van der Waals surface area (Å²) in [5.41, 5.74) is 0.410. The molecule has 88 valence electrons. The van der Waals surface area contributed by atoms with E-state index in [1.165, 1.54) is 38.4 Å². The summed E-state index contributed by atoms with van der Waals surface area (Å²) >= 11 is 5.39. The second kappa shape index (κ2) is 4.95. The molecule has 0 aliphatic heterocycles. The fourth-order valence-electron chi connectivity index (χ4n) is 1.10. The van der Waals surface area contributed by atoms with Crippen LogP contribution in [0.1, 0.15) is 10.4 Å². The summed E-state index contributed by atoms with van der Waals surface area (Å²) in [6.07, 6.45) is 0. The Morgan fingerprint density at radius 3 is 2.12 bits per heavy atom. The van der Waals surface area contributed by atoms with Gasteiger partial charge >= 0.3 is 0 Å². The van der Waals surface area contributed by atoms with Crippen LogP contribution in [0.4, 0.5) is 0 Å². The number of carbonyl (C=O) groups is 1. The molecule has 0 aliphatic carbocycles. The molecule has 0 saturated heterocycles. The third-order valence-corrected chi connectivity index (χ3v) is 4.15. The highest BCUT2D eigenvalue weighted by atomic mass is 35.5. The van der Waals surface area contributed by atoms with Crippen molar-refractivity contribution in [3.63, 3.8) is 0 Å². The zero-order valence-corrected chi connectivity index (χ0v) is 10.5. The van der Waals surface area contributed by atoms with Gasteiger partial charge < -0.3 is 0 Å². The quantitative estimate of drug-likeness (QED) is 0.607. The van der Waals surface area contributed by atoms with Gasteiger partial charge in [-0.25, -0.2) is 12.7 Å². The van der Waals surface area contributed by atoms with Crippen molar-refractivity contribution in [2.24, 2.45) is 0 Å². The first kappa shape index (κ1) is 13.2. The first-order valence-electron chi connectivity index (χ1n) is 4.51. The van der Waals surface area contributed by atoms with Crippen LogP contribution in [0, 0.1) is 0 Å². The number of alkyl halides is 1. The van der Waals surface area contributed by atoms with Crippen LogP contribution in [-0.2, 0) is 10.0 Å².